The molecule has 2 aromatic carbocycles. The zero-order valence-electron chi connectivity index (χ0n) is 17.7. The number of anilines is 1. The van der Waals surface area contributed by atoms with Crippen LogP contribution in [0.3, 0.4) is 0 Å². The number of nitrogens with one attached hydrogen (secondary N) is 2. The van der Waals surface area contributed by atoms with Crippen molar-refractivity contribution in [3.05, 3.63) is 76.9 Å². The van der Waals surface area contributed by atoms with Crippen LogP contribution in [-0.2, 0) is 9.59 Å². The van der Waals surface area contributed by atoms with E-state index in [1.165, 1.54) is 6.92 Å². The molecule has 1 unspecified atom stereocenters. The van der Waals surface area contributed by atoms with E-state index in [1.54, 1.807) is 42.5 Å². The first-order chi connectivity index (χ1) is 14.8. The molecule has 0 heterocycles. The topological polar surface area (TPSA) is 67.4 Å². The number of rotatable bonds is 8. The minimum Gasteiger partial charge on any atom is -0.455 e. The molecule has 6 heteroatoms. The summed E-state index contributed by atoms with van der Waals surface area (Å²) in [6.07, 6.45) is 10.8. The van der Waals surface area contributed by atoms with Gasteiger partial charge in [0.15, 0.2) is 5.75 Å². The number of benzene rings is 2. The predicted molar refractivity (Wildman–Crippen MR) is 125 cm³/mol. The molecule has 0 aliphatic heterocycles. The van der Waals surface area contributed by atoms with Gasteiger partial charge in [0.25, 0.3) is 0 Å². The summed E-state index contributed by atoms with van der Waals surface area (Å²) >= 11 is 5.93. The molecule has 2 amide bonds. The molecule has 2 aromatic rings. The van der Waals surface area contributed by atoms with Gasteiger partial charge in [0, 0.05) is 17.5 Å². The molecule has 0 aliphatic rings. The summed E-state index contributed by atoms with van der Waals surface area (Å²) in [5.74, 6) is 3.04. The van der Waals surface area contributed by atoms with Gasteiger partial charge in [-0.15, -0.1) is 6.42 Å². The van der Waals surface area contributed by atoms with Crippen LogP contribution in [0, 0.1) is 19.3 Å². The molecule has 0 fully saturated rings. The van der Waals surface area contributed by atoms with E-state index >= 15 is 0 Å². The second-order valence-electron chi connectivity index (χ2n) is 6.85. The molecule has 0 spiro atoms. The molecule has 160 valence electrons. The smallest absolute Gasteiger partial charge is 0.226 e. The van der Waals surface area contributed by atoms with Crippen LogP contribution in [0.2, 0.25) is 5.02 Å². The highest BCUT2D eigenvalue weighted by atomic mass is 35.5. The molecule has 31 heavy (non-hydrogen) atoms. The maximum atomic E-state index is 12.8. The number of carbonyl (C=O) groups is 2. The first kappa shape index (κ1) is 23.8. The summed E-state index contributed by atoms with van der Waals surface area (Å²) in [7, 11) is 0. The van der Waals surface area contributed by atoms with E-state index in [2.05, 4.69) is 16.6 Å². The summed E-state index contributed by atoms with van der Waals surface area (Å²) in [5, 5.41) is 6.19. The van der Waals surface area contributed by atoms with Crippen molar-refractivity contribution in [3.8, 4) is 23.8 Å². The molecule has 2 N–H and O–H groups in total. The number of aryl methyl sites for hydroxylation is 1. The van der Waals surface area contributed by atoms with Crippen LogP contribution in [0.4, 0.5) is 5.69 Å². The molecule has 2 rings (SSSR count). The highest BCUT2D eigenvalue weighted by Gasteiger charge is 2.19. The second-order valence-corrected chi connectivity index (χ2v) is 7.29. The van der Waals surface area contributed by atoms with Crippen LogP contribution in [0.5, 0.6) is 11.5 Å². The third-order valence-electron chi connectivity index (χ3n) is 4.23. The lowest BCUT2D eigenvalue weighted by Gasteiger charge is -2.19. The van der Waals surface area contributed by atoms with Gasteiger partial charge in [-0.2, -0.15) is 0 Å². The first-order valence-electron chi connectivity index (χ1n) is 9.73. The van der Waals surface area contributed by atoms with E-state index in [4.69, 9.17) is 22.8 Å². The number of hydrogen-bond donors (Lipinski definition) is 2. The molecular weight excluding hydrogens is 412 g/mol. The number of terminal acetylenes is 1. The van der Waals surface area contributed by atoms with Crippen molar-refractivity contribution >= 4 is 29.1 Å². The average molecular weight is 437 g/mol. The fourth-order valence-corrected chi connectivity index (χ4v) is 2.91. The predicted octanol–water partition coefficient (Wildman–Crippen LogP) is 5.41. The lowest BCUT2D eigenvalue weighted by atomic mass is 10.0. The van der Waals surface area contributed by atoms with Gasteiger partial charge >= 0.3 is 0 Å². The summed E-state index contributed by atoms with van der Waals surface area (Å²) in [5.41, 5.74) is 1.98. The minimum absolute atomic E-state index is 0.0264. The third-order valence-corrected chi connectivity index (χ3v) is 4.48. The van der Waals surface area contributed by atoms with E-state index in [0.717, 1.165) is 5.56 Å². The van der Waals surface area contributed by atoms with Crippen LogP contribution in [0.25, 0.3) is 0 Å². The Hall–Kier alpha value is -3.49. The van der Waals surface area contributed by atoms with Crippen molar-refractivity contribution in [1.29, 1.82) is 0 Å². The highest BCUT2D eigenvalue weighted by Crippen LogP contribution is 2.31. The Morgan fingerprint density at radius 1 is 1.23 bits per heavy atom. The van der Waals surface area contributed by atoms with E-state index in [1.807, 2.05) is 32.1 Å². The van der Waals surface area contributed by atoms with Crippen molar-refractivity contribution in [2.75, 3.05) is 5.32 Å². The van der Waals surface area contributed by atoms with Gasteiger partial charge in [0.2, 0.25) is 11.8 Å². The Morgan fingerprint density at radius 3 is 2.55 bits per heavy atom. The van der Waals surface area contributed by atoms with Gasteiger partial charge in [-0.25, -0.2) is 0 Å². The quantitative estimate of drug-likeness (QED) is 0.429. The van der Waals surface area contributed by atoms with Crippen molar-refractivity contribution in [3.63, 3.8) is 0 Å². The maximum absolute atomic E-state index is 12.8. The van der Waals surface area contributed by atoms with Crippen molar-refractivity contribution < 1.29 is 14.3 Å². The van der Waals surface area contributed by atoms with E-state index in [0.29, 0.717) is 27.8 Å². The zero-order valence-corrected chi connectivity index (χ0v) is 18.5. The molecule has 1 atom stereocenters. The van der Waals surface area contributed by atoms with E-state index < -0.39 is 6.04 Å². The molecule has 0 saturated carbocycles. The Bertz CT molecular complexity index is 1030. The summed E-state index contributed by atoms with van der Waals surface area (Å²) in [6.45, 7) is 5.16. The minimum atomic E-state index is -0.621. The number of allylic oxidation sites excluding steroid dienone is 3. The molecule has 0 aliphatic carbocycles. The van der Waals surface area contributed by atoms with Crippen molar-refractivity contribution in [1.82, 2.24) is 5.32 Å². The molecule has 0 bridgehead atoms. The van der Waals surface area contributed by atoms with Crippen LogP contribution in [-0.4, -0.2) is 17.9 Å². The highest BCUT2D eigenvalue weighted by molar-refractivity contribution is 6.30. The van der Waals surface area contributed by atoms with Gasteiger partial charge in [-0.05, 0) is 61.9 Å². The number of ether oxygens (including phenoxy) is 1. The van der Waals surface area contributed by atoms with Gasteiger partial charge in [0.1, 0.15) is 5.75 Å². The summed E-state index contributed by atoms with van der Waals surface area (Å²) in [4.78, 5) is 24.4. The molecule has 0 saturated heterocycles. The van der Waals surface area contributed by atoms with Gasteiger partial charge in [0.05, 0.1) is 18.2 Å². The second kappa shape index (κ2) is 11.6. The maximum Gasteiger partial charge on any atom is 0.226 e. The SMILES string of the molecule is C#C/C(=C\C=C/C)C(CC(=O)Nc1ccc(C)cc1Oc1ccc(Cl)cc1)NC(C)=O. The molecule has 0 aromatic heterocycles. The zero-order chi connectivity index (χ0) is 22.8. The first-order valence-corrected chi connectivity index (χ1v) is 10.1. The fourth-order valence-electron chi connectivity index (χ4n) is 2.78. The Kier molecular flexibility index (Phi) is 8.93. The number of carbonyl (C=O) groups excluding carboxylic acids is 2. The standard InChI is InChI=1S/C25H25ClN2O3/c1-5-7-8-19(6-2)23(27-18(4)29)16-25(30)28-22-14-9-17(3)15-24(22)31-21-12-10-20(26)11-13-21/h2,5,7-15,23H,16H2,1,3-4H3,(H,27,29)(H,28,30)/b7-5-,19-8+. The van der Waals surface area contributed by atoms with Crippen LogP contribution in [0.1, 0.15) is 25.8 Å². The van der Waals surface area contributed by atoms with Gasteiger partial charge in [-0.3, -0.25) is 9.59 Å². The van der Waals surface area contributed by atoms with Gasteiger partial charge < -0.3 is 15.4 Å². The molecule has 5 nitrogen and oxygen atoms in total. The van der Waals surface area contributed by atoms with Crippen LogP contribution < -0.4 is 15.4 Å². The number of halogens is 1. The van der Waals surface area contributed by atoms with E-state index in [-0.39, 0.29) is 18.2 Å². The van der Waals surface area contributed by atoms with Crippen molar-refractivity contribution in [2.24, 2.45) is 0 Å². The molecular formula is C25H25ClN2O3. The monoisotopic (exact) mass is 436 g/mol. The van der Waals surface area contributed by atoms with Crippen LogP contribution in [0.15, 0.2) is 66.3 Å². The lowest BCUT2D eigenvalue weighted by Crippen LogP contribution is -2.37. The Balaban J connectivity index is 2.22. The van der Waals surface area contributed by atoms with Gasteiger partial charge in [-0.1, -0.05) is 35.7 Å². The third kappa shape index (κ3) is 7.69. The lowest BCUT2D eigenvalue weighted by molar-refractivity contribution is -0.120. The number of amides is 2. The average Bonchev–Trinajstić information content (AvgIpc) is 2.71. The van der Waals surface area contributed by atoms with Crippen molar-refractivity contribution in [2.45, 2.75) is 33.2 Å². The van der Waals surface area contributed by atoms with E-state index in [9.17, 15) is 9.59 Å². The normalized spacial score (nSPS) is 12.2. The summed E-state index contributed by atoms with van der Waals surface area (Å²) in [6, 6.07) is 11.8. The summed E-state index contributed by atoms with van der Waals surface area (Å²) < 4.78 is 5.94. The fraction of sp³-hybridized carbons (Fsp3) is 0.200. The Labute approximate surface area is 188 Å². The number of hydrogen-bond acceptors (Lipinski definition) is 3. The largest absolute Gasteiger partial charge is 0.455 e. The van der Waals surface area contributed by atoms with Crippen LogP contribution >= 0.6 is 11.6 Å². The molecule has 0 radical (unpaired) electrons. The Morgan fingerprint density at radius 2 is 1.94 bits per heavy atom.